The minimum Gasteiger partial charge on any atom is -0.508 e. The van der Waals surface area contributed by atoms with E-state index in [0.29, 0.717) is 17.8 Å². The van der Waals surface area contributed by atoms with Crippen molar-refractivity contribution in [2.24, 2.45) is 11.8 Å². The number of phenolic OH excluding ortho intramolecular Hbond substituents is 1. The van der Waals surface area contributed by atoms with Gasteiger partial charge >= 0.3 is 0 Å². The predicted molar refractivity (Wildman–Crippen MR) is 111 cm³/mol. The number of benzene rings is 2. The SMILES string of the molecule is OCCCC(CN1C[C@H]2CC(Oc3ccc(F)cc3F)C[C@H]2C1)c1ccc(O)cc1. The van der Waals surface area contributed by atoms with Gasteiger partial charge in [-0.25, -0.2) is 8.78 Å². The van der Waals surface area contributed by atoms with E-state index < -0.39 is 11.6 Å². The number of ether oxygens (including phenoxy) is 1. The van der Waals surface area contributed by atoms with E-state index >= 15 is 0 Å². The highest BCUT2D eigenvalue weighted by molar-refractivity contribution is 5.29. The van der Waals surface area contributed by atoms with Crippen molar-refractivity contribution < 1.29 is 23.7 Å². The number of aromatic hydroxyl groups is 1. The van der Waals surface area contributed by atoms with E-state index in [-0.39, 0.29) is 24.2 Å². The third kappa shape index (κ3) is 4.93. The number of hydrogen-bond acceptors (Lipinski definition) is 4. The van der Waals surface area contributed by atoms with Gasteiger partial charge in [0.2, 0.25) is 0 Å². The van der Waals surface area contributed by atoms with Crippen LogP contribution in [-0.2, 0) is 0 Å². The first-order valence-electron chi connectivity index (χ1n) is 10.8. The highest BCUT2D eigenvalue weighted by Gasteiger charge is 2.42. The van der Waals surface area contributed by atoms with Crippen molar-refractivity contribution in [1.29, 1.82) is 0 Å². The zero-order chi connectivity index (χ0) is 21.1. The first kappa shape index (κ1) is 21.1. The summed E-state index contributed by atoms with van der Waals surface area (Å²) in [5, 5.41) is 18.8. The van der Waals surface area contributed by atoms with Gasteiger partial charge in [-0.1, -0.05) is 12.1 Å². The summed E-state index contributed by atoms with van der Waals surface area (Å²) in [6, 6.07) is 10.8. The molecular weight excluding hydrogens is 388 g/mol. The quantitative estimate of drug-likeness (QED) is 0.672. The fraction of sp³-hybridized carbons (Fsp3) is 0.500. The molecule has 1 aliphatic carbocycles. The van der Waals surface area contributed by atoms with Gasteiger partial charge in [-0.15, -0.1) is 0 Å². The van der Waals surface area contributed by atoms with Crippen LogP contribution in [0.2, 0.25) is 0 Å². The maximum absolute atomic E-state index is 13.9. The van der Waals surface area contributed by atoms with Crippen LogP contribution in [-0.4, -0.2) is 47.5 Å². The lowest BCUT2D eigenvalue weighted by molar-refractivity contribution is 0.175. The van der Waals surface area contributed by atoms with Crippen molar-refractivity contribution in [1.82, 2.24) is 4.90 Å². The summed E-state index contributed by atoms with van der Waals surface area (Å²) in [4.78, 5) is 2.49. The van der Waals surface area contributed by atoms with E-state index in [1.54, 1.807) is 12.1 Å². The molecule has 2 aromatic rings. The molecule has 4 atom stereocenters. The van der Waals surface area contributed by atoms with E-state index in [1.165, 1.54) is 17.7 Å². The summed E-state index contributed by atoms with van der Waals surface area (Å²) >= 11 is 0. The van der Waals surface area contributed by atoms with Crippen LogP contribution < -0.4 is 4.74 Å². The molecule has 0 amide bonds. The van der Waals surface area contributed by atoms with E-state index in [0.717, 1.165) is 51.4 Å². The molecule has 2 aromatic carbocycles. The highest BCUT2D eigenvalue weighted by atomic mass is 19.1. The predicted octanol–water partition coefficient (Wildman–Crippen LogP) is 4.32. The Hall–Kier alpha value is -2.18. The van der Waals surface area contributed by atoms with Crippen LogP contribution in [0.4, 0.5) is 8.78 Å². The molecule has 2 unspecified atom stereocenters. The average molecular weight is 417 g/mol. The molecule has 2 N–H and O–H groups in total. The van der Waals surface area contributed by atoms with Gasteiger partial charge in [-0.3, -0.25) is 0 Å². The van der Waals surface area contributed by atoms with E-state index in [1.807, 2.05) is 12.1 Å². The molecule has 4 nitrogen and oxygen atoms in total. The Bertz CT molecular complexity index is 831. The summed E-state index contributed by atoms with van der Waals surface area (Å²) in [7, 11) is 0. The fourth-order valence-corrected chi connectivity index (χ4v) is 5.10. The first-order chi connectivity index (χ1) is 14.5. The number of fused-ring (bicyclic) bond motifs is 1. The maximum Gasteiger partial charge on any atom is 0.167 e. The molecule has 4 rings (SSSR count). The van der Waals surface area contributed by atoms with Crippen LogP contribution in [0.3, 0.4) is 0 Å². The molecule has 1 aliphatic heterocycles. The minimum absolute atomic E-state index is 0.0237. The molecule has 162 valence electrons. The molecule has 2 fully saturated rings. The normalized spacial score (nSPS) is 24.7. The molecule has 0 bridgehead atoms. The number of rotatable bonds is 8. The zero-order valence-corrected chi connectivity index (χ0v) is 17.0. The third-order valence-electron chi connectivity index (χ3n) is 6.52. The summed E-state index contributed by atoms with van der Waals surface area (Å²) in [5.74, 6) is 0.525. The Morgan fingerprint density at radius 1 is 1.03 bits per heavy atom. The molecule has 1 saturated carbocycles. The van der Waals surface area contributed by atoms with Gasteiger partial charge in [0, 0.05) is 32.3 Å². The number of nitrogens with zero attached hydrogens (tertiary/aromatic N) is 1. The second-order valence-corrected chi connectivity index (χ2v) is 8.68. The molecule has 2 aliphatic rings. The standard InChI is InChI=1S/C24H29F2NO3/c25-20-5-8-24(23(26)12-20)30-22-10-18-14-27(15-19(18)11-22)13-17(2-1-9-28)16-3-6-21(29)7-4-16/h3-8,12,17-19,22,28-29H,1-2,9-11,13-15H2/t17?,18-,19+,22?. The van der Waals surface area contributed by atoms with Crippen LogP contribution in [0.5, 0.6) is 11.5 Å². The van der Waals surface area contributed by atoms with Gasteiger partial charge in [0.15, 0.2) is 11.6 Å². The minimum atomic E-state index is -0.644. The van der Waals surface area contributed by atoms with Gasteiger partial charge in [-0.05, 0) is 73.3 Å². The zero-order valence-electron chi connectivity index (χ0n) is 17.0. The number of halogens is 2. The van der Waals surface area contributed by atoms with Crippen LogP contribution in [0, 0.1) is 23.5 Å². The Balaban J connectivity index is 1.33. The lowest BCUT2D eigenvalue weighted by Gasteiger charge is -2.25. The topological polar surface area (TPSA) is 52.9 Å². The molecule has 1 heterocycles. The van der Waals surface area contributed by atoms with E-state index in [9.17, 15) is 19.0 Å². The molecule has 0 spiro atoms. The van der Waals surface area contributed by atoms with Crippen LogP contribution in [0.1, 0.15) is 37.2 Å². The average Bonchev–Trinajstić information content (AvgIpc) is 3.26. The largest absolute Gasteiger partial charge is 0.508 e. The van der Waals surface area contributed by atoms with Crippen molar-refractivity contribution in [2.75, 3.05) is 26.2 Å². The summed E-state index contributed by atoms with van der Waals surface area (Å²) in [6.45, 7) is 3.09. The van der Waals surface area contributed by atoms with Gasteiger partial charge in [0.05, 0.1) is 6.10 Å². The maximum atomic E-state index is 13.9. The number of hydrogen-bond donors (Lipinski definition) is 2. The van der Waals surface area contributed by atoms with Crippen LogP contribution in [0.15, 0.2) is 42.5 Å². The second-order valence-electron chi connectivity index (χ2n) is 8.68. The molecule has 0 radical (unpaired) electrons. The summed E-state index contributed by atoms with van der Waals surface area (Å²) in [6.07, 6.45) is 3.41. The highest BCUT2D eigenvalue weighted by Crippen LogP contribution is 2.41. The summed E-state index contributed by atoms with van der Waals surface area (Å²) in [5.41, 5.74) is 1.19. The first-order valence-corrected chi connectivity index (χ1v) is 10.8. The Labute approximate surface area is 176 Å². The van der Waals surface area contributed by atoms with Crippen molar-refractivity contribution in [3.63, 3.8) is 0 Å². The van der Waals surface area contributed by atoms with Crippen LogP contribution >= 0.6 is 0 Å². The number of aliphatic hydroxyl groups excluding tert-OH is 1. The Kier molecular flexibility index (Phi) is 6.54. The molecule has 0 aromatic heterocycles. The van der Waals surface area contributed by atoms with Gasteiger partial charge in [0.1, 0.15) is 11.6 Å². The number of likely N-dealkylation sites (tertiary alicyclic amines) is 1. The molecule has 1 saturated heterocycles. The lowest BCUT2D eigenvalue weighted by atomic mass is 9.93. The van der Waals surface area contributed by atoms with Crippen molar-refractivity contribution in [3.05, 3.63) is 59.7 Å². The van der Waals surface area contributed by atoms with Crippen molar-refractivity contribution in [2.45, 2.75) is 37.7 Å². The Morgan fingerprint density at radius 3 is 2.37 bits per heavy atom. The lowest BCUT2D eigenvalue weighted by Crippen LogP contribution is -2.29. The van der Waals surface area contributed by atoms with E-state index in [2.05, 4.69) is 4.90 Å². The van der Waals surface area contributed by atoms with Gasteiger partial charge < -0.3 is 19.8 Å². The van der Waals surface area contributed by atoms with Gasteiger partial charge in [-0.2, -0.15) is 0 Å². The van der Waals surface area contributed by atoms with Crippen molar-refractivity contribution >= 4 is 0 Å². The van der Waals surface area contributed by atoms with Crippen LogP contribution in [0.25, 0.3) is 0 Å². The molecule has 30 heavy (non-hydrogen) atoms. The monoisotopic (exact) mass is 417 g/mol. The van der Waals surface area contributed by atoms with Gasteiger partial charge in [0.25, 0.3) is 0 Å². The second kappa shape index (κ2) is 9.31. The third-order valence-corrected chi connectivity index (χ3v) is 6.52. The molecule has 6 heteroatoms. The number of aliphatic hydroxyl groups is 1. The Morgan fingerprint density at radius 2 is 1.73 bits per heavy atom. The summed E-state index contributed by atoms with van der Waals surface area (Å²) < 4.78 is 32.8. The number of phenols is 1. The molecular formula is C24H29F2NO3. The van der Waals surface area contributed by atoms with Crippen molar-refractivity contribution in [3.8, 4) is 11.5 Å². The smallest absolute Gasteiger partial charge is 0.167 e. The van der Waals surface area contributed by atoms with E-state index in [4.69, 9.17) is 4.74 Å². The fourth-order valence-electron chi connectivity index (χ4n) is 5.10.